The zero-order chi connectivity index (χ0) is 11.7. The van der Waals surface area contributed by atoms with E-state index < -0.39 is 0 Å². The molecule has 0 saturated heterocycles. The molecule has 0 bridgehead atoms. The molecule has 17 heavy (non-hydrogen) atoms. The van der Waals surface area contributed by atoms with Gasteiger partial charge in [0.15, 0.2) is 0 Å². The van der Waals surface area contributed by atoms with Crippen molar-refractivity contribution in [3.8, 4) is 11.3 Å². The smallest absolute Gasteiger partial charge is 0.133 e. The Bertz CT molecular complexity index is 535. The highest BCUT2D eigenvalue weighted by atomic mass is 35.5. The summed E-state index contributed by atoms with van der Waals surface area (Å²) in [5.74, 6) is 0.694. The molecule has 1 heterocycles. The summed E-state index contributed by atoms with van der Waals surface area (Å²) < 4.78 is 0. The number of hydrogen-bond donors (Lipinski definition) is 0. The lowest BCUT2D eigenvalue weighted by Crippen LogP contribution is -2.10. The summed E-state index contributed by atoms with van der Waals surface area (Å²) in [6, 6.07) is 10.3. The molecule has 3 heteroatoms. The molecule has 1 aromatic carbocycles. The van der Waals surface area contributed by atoms with Gasteiger partial charge in [0.2, 0.25) is 0 Å². The van der Waals surface area contributed by atoms with Crippen LogP contribution in [-0.2, 0) is 0 Å². The van der Waals surface area contributed by atoms with Crippen LogP contribution in [0.1, 0.15) is 30.7 Å². The zero-order valence-corrected chi connectivity index (χ0v) is 10.2. The normalized spacial score (nSPS) is 15.6. The van der Waals surface area contributed by atoms with Gasteiger partial charge in [-0.05, 0) is 24.3 Å². The SMILES string of the molecule is Clc1cc(-c2ccccc2C2CCC2)ncn1. The predicted molar refractivity (Wildman–Crippen MR) is 69.1 cm³/mol. The summed E-state index contributed by atoms with van der Waals surface area (Å²) in [5, 5.41) is 0.499. The average Bonchev–Trinajstić information content (AvgIpc) is 2.27. The number of halogens is 1. The lowest BCUT2D eigenvalue weighted by Gasteiger charge is -2.27. The first kappa shape index (κ1) is 10.7. The van der Waals surface area contributed by atoms with Gasteiger partial charge in [0.1, 0.15) is 11.5 Å². The van der Waals surface area contributed by atoms with Gasteiger partial charge in [0, 0.05) is 11.6 Å². The maximum Gasteiger partial charge on any atom is 0.133 e. The fraction of sp³-hybridized carbons (Fsp3) is 0.286. The summed E-state index contributed by atoms with van der Waals surface area (Å²) >= 11 is 5.92. The van der Waals surface area contributed by atoms with Crippen LogP contribution in [0.15, 0.2) is 36.7 Å². The second-order valence-corrected chi connectivity index (χ2v) is 4.83. The van der Waals surface area contributed by atoms with Crippen molar-refractivity contribution in [3.63, 3.8) is 0 Å². The van der Waals surface area contributed by atoms with Gasteiger partial charge in [-0.1, -0.05) is 42.3 Å². The number of aromatic nitrogens is 2. The fourth-order valence-electron chi connectivity index (χ4n) is 2.29. The van der Waals surface area contributed by atoms with Crippen molar-refractivity contribution in [1.29, 1.82) is 0 Å². The second-order valence-electron chi connectivity index (χ2n) is 4.44. The molecule has 1 aliphatic carbocycles. The maximum atomic E-state index is 5.92. The topological polar surface area (TPSA) is 25.8 Å². The highest BCUT2D eigenvalue weighted by Crippen LogP contribution is 2.40. The largest absolute Gasteiger partial charge is 0.236 e. The summed E-state index contributed by atoms with van der Waals surface area (Å²) in [6.45, 7) is 0. The molecule has 1 saturated carbocycles. The predicted octanol–water partition coefficient (Wildman–Crippen LogP) is 4.06. The summed E-state index contributed by atoms with van der Waals surface area (Å²) in [4.78, 5) is 8.24. The minimum absolute atomic E-state index is 0.499. The Morgan fingerprint density at radius 3 is 2.65 bits per heavy atom. The third-order valence-corrected chi connectivity index (χ3v) is 3.62. The number of rotatable bonds is 2. The van der Waals surface area contributed by atoms with E-state index in [1.54, 1.807) is 0 Å². The van der Waals surface area contributed by atoms with Gasteiger partial charge in [-0.25, -0.2) is 9.97 Å². The average molecular weight is 245 g/mol. The quantitative estimate of drug-likeness (QED) is 0.745. The van der Waals surface area contributed by atoms with Crippen LogP contribution in [0.25, 0.3) is 11.3 Å². The van der Waals surface area contributed by atoms with Gasteiger partial charge in [-0.3, -0.25) is 0 Å². The Balaban J connectivity index is 2.07. The van der Waals surface area contributed by atoms with Crippen LogP contribution >= 0.6 is 11.6 Å². The summed E-state index contributed by atoms with van der Waals surface area (Å²) in [6.07, 6.45) is 5.43. The van der Waals surface area contributed by atoms with Crippen LogP contribution in [-0.4, -0.2) is 9.97 Å². The molecule has 2 aromatic rings. The third kappa shape index (κ3) is 2.05. The molecular weight excluding hydrogens is 232 g/mol. The Morgan fingerprint density at radius 2 is 1.94 bits per heavy atom. The van der Waals surface area contributed by atoms with Gasteiger partial charge in [0.05, 0.1) is 5.69 Å². The first-order chi connectivity index (χ1) is 8.34. The molecule has 86 valence electrons. The van der Waals surface area contributed by atoms with Gasteiger partial charge in [-0.15, -0.1) is 0 Å². The van der Waals surface area contributed by atoms with E-state index in [2.05, 4.69) is 28.2 Å². The molecule has 0 unspecified atom stereocenters. The van der Waals surface area contributed by atoms with Gasteiger partial charge in [-0.2, -0.15) is 0 Å². The first-order valence-corrected chi connectivity index (χ1v) is 6.29. The molecule has 3 rings (SSSR count). The van der Waals surface area contributed by atoms with E-state index in [4.69, 9.17) is 11.6 Å². The lowest BCUT2D eigenvalue weighted by molar-refractivity contribution is 0.420. The molecule has 2 nitrogen and oxygen atoms in total. The van der Waals surface area contributed by atoms with Crippen LogP contribution in [0.4, 0.5) is 0 Å². The van der Waals surface area contributed by atoms with Crippen molar-refractivity contribution < 1.29 is 0 Å². The number of nitrogens with zero attached hydrogens (tertiary/aromatic N) is 2. The number of hydrogen-bond acceptors (Lipinski definition) is 2. The van der Waals surface area contributed by atoms with Crippen molar-refractivity contribution in [2.24, 2.45) is 0 Å². The van der Waals surface area contributed by atoms with Crippen LogP contribution in [0.2, 0.25) is 5.15 Å². The van der Waals surface area contributed by atoms with Crippen molar-refractivity contribution >= 4 is 11.6 Å². The maximum absolute atomic E-state index is 5.92. The fourth-order valence-corrected chi connectivity index (χ4v) is 2.43. The lowest BCUT2D eigenvalue weighted by atomic mass is 9.78. The molecule has 1 aromatic heterocycles. The van der Waals surface area contributed by atoms with E-state index in [9.17, 15) is 0 Å². The molecule has 1 fully saturated rings. The van der Waals surface area contributed by atoms with Crippen LogP contribution < -0.4 is 0 Å². The van der Waals surface area contributed by atoms with Gasteiger partial charge >= 0.3 is 0 Å². The minimum Gasteiger partial charge on any atom is -0.236 e. The molecule has 0 atom stereocenters. The van der Waals surface area contributed by atoms with Crippen LogP contribution in [0.5, 0.6) is 0 Å². The van der Waals surface area contributed by atoms with Gasteiger partial charge in [0.25, 0.3) is 0 Å². The van der Waals surface area contributed by atoms with E-state index in [1.807, 2.05) is 12.1 Å². The van der Waals surface area contributed by atoms with E-state index in [-0.39, 0.29) is 0 Å². The zero-order valence-electron chi connectivity index (χ0n) is 9.44. The summed E-state index contributed by atoms with van der Waals surface area (Å²) in [7, 11) is 0. The molecule has 0 N–H and O–H groups in total. The summed E-state index contributed by atoms with van der Waals surface area (Å²) in [5.41, 5.74) is 3.52. The van der Waals surface area contributed by atoms with Crippen molar-refractivity contribution in [1.82, 2.24) is 9.97 Å². The van der Waals surface area contributed by atoms with E-state index >= 15 is 0 Å². The Hall–Kier alpha value is -1.41. The van der Waals surface area contributed by atoms with Crippen LogP contribution in [0, 0.1) is 0 Å². The number of benzene rings is 1. The van der Waals surface area contributed by atoms with Crippen molar-refractivity contribution in [2.45, 2.75) is 25.2 Å². The van der Waals surface area contributed by atoms with Crippen LogP contribution in [0.3, 0.4) is 0 Å². The highest BCUT2D eigenvalue weighted by molar-refractivity contribution is 6.29. The standard InChI is InChI=1S/C14H13ClN2/c15-14-8-13(16-9-17-14)12-7-2-1-6-11(12)10-4-3-5-10/h1-2,6-10H,3-5H2. The van der Waals surface area contributed by atoms with Gasteiger partial charge < -0.3 is 0 Å². The Labute approximate surface area is 106 Å². The Morgan fingerprint density at radius 1 is 1.12 bits per heavy atom. The minimum atomic E-state index is 0.499. The first-order valence-electron chi connectivity index (χ1n) is 5.91. The third-order valence-electron chi connectivity index (χ3n) is 3.42. The second kappa shape index (κ2) is 4.46. The van der Waals surface area contributed by atoms with E-state index in [0.29, 0.717) is 11.1 Å². The highest BCUT2D eigenvalue weighted by Gasteiger charge is 2.22. The molecule has 1 aliphatic rings. The van der Waals surface area contributed by atoms with E-state index in [1.165, 1.54) is 36.7 Å². The molecule has 0 radical (unpaired) electrons. The van der Waals surface area contributed by atoms with E-state index in [0.717, 1.165) is 5.69 Å². The van der Waals surface area contributed by atoms with Crippen molar-refractivity contribution in [3.05, 3.63) is 47.4 Å². The molecule has 0 amide bonds. The monoisotopic (exact) mass is 244 g/mol. The van der Waals surface area contributed by atoms with Crippen molar-refractivity contribution in [2.75, 3.05) is 0 Å². The molecule has 0 aliphatic heterocycles. The Kier molecular flexibility index (Phi) is 2.81. The molecular formula is C14H13ClN2. The molecule has 0 spiro atoms.